The van der Waals surface area contributed by atoms with Crippen molar-refractivity contribution < 1.29 is 14.5 Å². The van der Waals surface area contributed by atoms with Crippen molar-refractivity contribution in [2.45, 2.75) is 31.9 Å². The number of ether oxygens (including phenoxy) is 1. The van der Waals surface area contributed by atoms with Crippen molar-refractivity contribution in [3.05, 3.63) is 38.9 Å². The minimum absolute atomic E-state index is 0.0172. The van der Waals surface area contributed by atoms with Crippen LogP contribution in [0.3, 0.4) is 0 Å². The highest BCUT2D eigenvalue weighted by Gasteiger charge is 2.25. The lowest BCUT2D eigenvalue weighted by Crippen LogP contribution is -2.40. The highest BCUT2D eigenvalue weighted by molar-refractivity contribution is 6.33. The number of amides is 1. The van der Waals surface area contributed by atoms with Gasteiger partial charge in [-0.3, -0.25) is 14.9 Å². The fourth-order valence-electron chi connectivity index (χ4n) is 2.18. The van der Waals surface area contributed by atoms with Crippen molar-refractivity contribution in [1.29, 1.82) is 0 Å². The SMILES string of the molecule is CC(NC(=O)c1cc([N+](=O)[O-])ccc1Cl)C1CCCO1. The number of benzene rings is 1. The van der Waals surface area contributed by atoms with Crippen molar-refractivity contribution in [3.8, 4) is 0 Å². The summed E-state index contributed by atoms with van der Waals surface area (Å²) in [4.78, 5) is 22.3. The maximum atomic E-state index is 12.1. The predicted molar refractivity (Wildman–Crippen MR) is 74.0 cm³/mol. The van der Waals surface area contributed by atoms with Gasteiger partial charge in [-0.05, 0) is 25.8 Å². The van der Waals surface area contributed by atoms with Crippen LogP contribution in [0, 0.1) is 10.1 Å². The van der Waals surface area contributed by atoms with Crippen LogP contribution in [0.15, 0.2) is 18.2 Å². The van der Waals surface area contributed by atoms with E-state index in [2.05, 4.69) is 5.32 Å². The molecule has 1 aromatic carbocycles. The summed E-state index contributed by atoms with van der Waals surface area (Å²) in [5.74, 6) is -0.429. The molecule has 1 saturated heterocycles. The van der Waals surface area contributed by atoms with Crippen molar-refractivity contribution in [1.82, 2.24) is 5.32 Å². The van der Waals surface area contributed by atoms with Gasteiger partial charge in [-0.1, -0.05) is 11.6 Å². The van der Waals surface area contributed by atoms with Gasteiger partial charge in [0.1, 0.15) is 0 Å². The van der Waals surface area contributed by atoms with E-state index in [0.717, 1.165) is 12.8 Å². The second-order valence-electron chi connectivity index (χ2n) is 4.73. The molecule has 2 atom stereocenters. The number of hydrogen-bond acceptors (Lipinski definition) is 4. The van der Waals surface area contributed by atoms with Crippen LogP contribution in [0.4, 0.5) is 5.69 Å². The first-order chi connectivity index (χ1) is 9.49. The first-order valence-corrected chi connectivity index (χ1v) is 6.73. The van der Waals surface area contributed by atoms with Gasteiger partial charge < -0.3 is 10.1 Å². The molecule has 0 spiro atoms. The molecule has 2 rings (SSSR count). The van der Waals surface area contributed by atoms with E-state index in [0.29, 0.717) is 6.61 Å². The number of carbonyl (C=O) groups excluding carboxylic acids is 1. The fraction of sp³-hybridized carbons (Fsp3) is 0.462. The molecule has 0 saturated carbocycles. The molecule has 1 aliphatic rings. The molecule has 0 aromatic heterocycles. The minimum Gasteiger partial charge on any atom is -0.376 e. The van der Waals surface area contributed by atoms with E-state index in [4.69, 9.17) is 16.3 Å². The number of nitrogens with one attached hydrogen (secondary N) is 1. The van der Waals surface area contributed by atoms with Crippen LogP contribution in [0.5, 0.6) is 0 Å². The molecule has 2 unspecified atom stereocenters. The Labute approximate surface area is 121 Å². The number of halogens is 1. The third-order valence-corrected chi connectivity index (χ3v) is 3.62. The highest BCUT2D eigenvalue weighted by atomic mass is 35.5. The molecule has 7 heteroatoms. The van der Waals surface area contributed by atoms with Crippen molar-refractivity contribution >= 4 is 23.2 Å². The first kappa shape index (κ1) is 14.7. The van der Waals surface area contributed by atoms with Crippen molar-refractivity contribution in [3.63, 3.8) is 0 Å². The smallest absolute Gasteiger partial charge is 0.270 e. The van der Waals surface area contributed by atoms with Crippen LogP contribution in [-0.2, 0) is 4.74 Å². The van der Waals surface area contributed by atoms with Crippen molar-refractivity contribution in [2.75, 3.05) is 6.61 Å². The zero-order chi connectivity index (χ0) is 14.7. The summed E-state index contributed by atoms with van der Waals surface area (Å²) < 4.78 is 5.49. The van der Waals surface area contributed by atoms with Gasteiger partial charge in [-0.25, -0.2) is 0 Å². The van der Waals surface area contributed by atoms with Crippen LogP contribution in [-0.4, -0.2) is 29.6 Å². The van der Waals surface area contributed by atoms with Gasteiger partial charge in [0.15, 0.2) is 0 Å². The maximum Gasteiger partial charge on any atom is 0.270 e. The molecule has 20 heavy (non-hydrogen) atoms. The molecule has 1 aliphatic heterocycles. The lowest BCUT2D eigenvalue weighted by molar-refractivity contribution is -0.384. The summed E-state index contributed by atoms with van der Waals surface area (Å²) in [5.41, 5.74) is -0.0602. The van der Waals surface area contributed by atoms with E-state index in [9.17, 15) is 14.9 Å². The Balaban J connectivity index is 2.11. The Morgan fingerprint density at radius 3 is 2.95 bits per heavy atom. The van der Waals surface area contributed by atoms with Gasteiger partial charge in [-0.2, -0.15) is 0 Å². The Bertz CT molecular complexity index is 529. The second-order valence-corrected chi connectivity index (χ2v) is 5.14. The quantitative estimate of drug-likeness (QED) is 0.684. The van der Waals surface area contributed by atoms with Gasteiger partial charge in [0, 0.05) is 18.7 Å². The molecule has 0 aliphatic carbocycles. The van der Waals surface area contributed by atoms with Crippen LogP contribution in [0.2, 0.25) is 5.02 Å². The summed E-state index contributed by atoms with van der Waals surface area (Å²) in [7, 11) is 0. The number of hydrogen-bond donors (Lipinski definition) is 1. The maximum absolute atomic E-state index is 12.1. The molecule has 1 amide bonds. The summed E-state index contributed by atoms with van der Waals surface area (Å²) in [6.45, 7) is 2.54. The Morgan fingerprint density at radius 1 is 1.60 bits per heavy atom. The van der Waals surface area contributed by atoms with Crippen LogP contribution in [0.1, 0.15) is 30.1 Å². The molecular weight excluding hydrogens is 284 g/mol. The van der Waals surface area contributed by atoms with E-state index in [1.54, 1.807) is 0 Å². The summed E-state index contributed by atoms with van der Waals surface area (Å²) in [6.07, 6.45) is 1.85. The average Bonchev–Trinajstić information content (AvgIpc) is 2.92. The fourth-order valence-corrected chi connectivity index (χ4v) is 2.38. The monoisotopic (exact) mass is 298 g/mol. The standard InChI is InChI=1S/C13H15ClN2O4/c1-8(12-3-2-6-20-12)15-13(17)10-7-9(16(18)19)4-5-11(10)14/h4-5,7-8,12H,2-3,6H2,1H3,(H,15,17). The zero-order valence-corrected chi connectivity index (χ0v) is 11.7. The van der Waals surface area contributed by atoms with E-state index in [-0.39, 0.29) is 28.4 Å². The van der Waals surface area contributed by atoms with Gasteiger partial charge in [0.2, 0.25) is 0 Å². The molecule has 1 fully saturated rings. The molecule has 108 valence electrons. The summed E-state index contributed by atoms with van der Waals surface area (Å²) in [6, 6.07) is 3.63. The van der Waals surface area contributed by atoms with E-state index < -0.39 is 10.8 Å². The normalized spacial score (nSPS) is 19.6. The number of nitro benzene ring substituents is 1. The van der Waals surface area contributed by atoms with Gasteiger partial charge in [0.05, 0.1) is 27.7 Å². The number of nitrogens with zero attached hydrogens (tertiary/aromatic N) is 1. The summed E-state index contributed by atoms with van der Waals surface area (Å²) in [5, 5.41) is 13.7. The predicted octanol–water partition coefficient (Wildman–Crippen LogP) is 2.55. The molecule has 1 N–H and O–H groups in total. The Morgan fingerprint density at radius 2 is 2.35 bits per heavy atom. The lowest BCUT2D eigenvalue weighted by atomic mass is 10.1. The largest absolute Gasteiger partial charge is 0.376 e. The number of rotatable bonds is 4. The lowest BCUT2D eigenvalue weighted by Gasteiger charge is -2.20. The molecule has 6 nitrogen and oxygen atoms in total. The average molecular weight is 299 g/mol. The topological polar surface area (TPSA) is 81.5 Å². The Hall–Kier alpha value is -1.66. The van der Waals surface area contributed by atoms with E-state index in [1.165, 1.54) is 18.2 Å². The second kappa shape index (κ2) is 6.19. The number of nitro groups is 1. The van der Waals surface area contributed by atoms with Crippen LogP contribution in [0.25, 0.3) is 0 Å². The molecule has 1 heterocycles. The molecule has 1 aromatic rings. The zero-order valence-electron chi connectivity index (χ0n) is 11.0. The van der Waals surface area contributed by atoms with Gasteiger partial charge in [-0.15, -0.1) is 0 Å². The third kappa shape index (κ3) is 3.26. The van der Waals surface area contributed by atoms with Gasteiger partial charge >= 0.3 is 0 Å². The highest BCUT2D eigenvalue weighted by Crippen LogP contribution is 2.23. The Kier molecular flexibility index (Phi) is 4.57. The van der Waals surface area contributed by atoms with Crippen LogP contribution >= 0.6 is 11.6 Å². The summed E-state index contributed by atoms with van der Waals surface area (Å²) >= 11 is 5.92. The molecular formula is C13H15ClN2O4. The van der Waals surface area contributed by atoms with Crippen molar-refractivity contribution in [2.24, 2.45) is 0 Å². The number of non-ortho nitro benzene ring substituents is 1. The third-order valence-electron chi connectivity index (χ3n) is 3.29. The van der Waals surface area contributed by atoms with E-state index in [1.807, 2.05) is 6.92 Å². The first-order valence-electron chi connectivity index (χ1n) is 6.35. The molecule has 0 radical (unpaired) electrons. The van der Waals surface area contributed by atoms with Gasteiger partial charge in [0.25, 0.3) is 11.6 Å². The van der Waals surface area contributed by atoms with Crippen LogP contribution < -0.4 is 5.32 Å². The van der Waals surface area contributed by atoms with E-state index >= 15 is 0 Å². The molecule has 0 bridgehead atoms. The number of carbonyl (C=O) groups is 1. The minimum atomic E-state index is -0.559.